The molecule has 28 heavy (non-hydrogen) atoms. The van der Waals surface area contributed by atoms with Crippen LogP contribution in [0.15, 0.2) is 29.2 Å². The van der Waals surface area contributed by atoms with Gasteiger partial charge in [0, 0.05) is 32.2 Å². The van der Waals surface area contributed by atoms with Crippen molar-refractivity contribution in [1.29, 1.82) is 0 Å². The molecule has 0 spiro atoms. The van der Waals surface area contributed by atoms with E-state index in [1.54, 1.807) is 0 Å². The number of morpholine rings is 1. The molecule has 1 aromatic heterocycles. The van der Waals surface area contributed by atoms with E-state index in [-0.39, 0.29) is 22.9 Å². The first-order valence-corrected chi connectivity index (χ1v) is 9.58. The fraction of sp³-hybridized carbons (Fsp3) is 0.474. The molecule has 152 valence electrons. The van der Waals surface area contributed by atoms with Gasteiger partial charge >= 0.3 is 0 Å². The molecule has 2 unspecified atom stereocenters. The second kappa shape index (κ2) is 8.98. The van der Waals surface area contributed by atoms with Crippen LogP contribution in [0, 0.1) is 11.6 Å². The minimum Gasteiger partial charge on any atom is -0.382 e. The highest BCUT2D eigenvalue weighted by Gasteiger charge is 2.21. The summed E-state index contributed by atoms with van der Waals surface area (Å²) in [5.74, 6) is -1.62. The van der Waals surface area contributed by atoms with Gasteiger partial charge < -0.3 is 10.1 Å². The molecule has 2 aromatic rings. The Morgan fingerprint density at radius 3 is 2.68 bits per heavy atom. The lowest BCUT2D eigenvalue weighted by atomic mass is 10.2. The minimum absolute atomic E-state index is 0.0904. The third-order valence-corrected chi connectivity index (χ3v) is 4.88. The van der Waals surface area contributed by atoms with Crippen LogP contribution in [-0.4, -0.2) is 53.1 Å². The average Bonchev–Trinajstić information content (AvgIpc) is 2.62. The number of ether oxygens (including phenoxy) is 1. The van der Waals surface area contributed by atoms with Crippen molar-refractivity contribution < 1.29 is 13.5 Å². The summed E-state index contributed by atoms with van der Waals surface area (Å²) in [6.07, 6.45) is 2.65. The summed E-state index contributed by atoms with van der Waals surface area (Å²) in [5, 5.41) is 6.96. The minimum atomic E-state index is -0.889. The third kappa shape index (κ3) is 4.87. The van der Waals surface area contributed by atoms with Crippen molar-refractivity contribution in [2.45, 2.75) is 32.5 Å². The molecule has 1 fully saturated rings. The number of anilines is 1. The molecule has 1 aromatic carbocycles. The van der Waals surface area contributed by atoms with Crippen LogP contribution < -0.4 is 10.9 Å². The van der Waals surface area contributed by atoms with Gasteiger partial charge in [-0.05, 0) is 32.4 Å². The molecule has 0 amide bonds. The Bertz CT molecular complexity index is 883. The maximum atomic E-state index is 13.9. The van der Waals surface area contributed by atoms with Gasteiger partial charge in [0.15, 0.2) is 5.82 Å². The van der Waals surface area contributed by atoms with Gasteiger partial charge in [0.25, 0.3) is 5.56 Å². The van der Waals surface area contributed by atoms with Crippen molar-refractivity contribution in [2.24, 2.45) is 0 Å². The largest absolute Gasteiger partial charge is 0.382 e. The first kappa shape index (κ1) is 20.7. The molecule has 0 radical (unpaired) electrons. The zero-order valence-electron chi connectivity index (χ0n) is 15.8. The molecule has 0 bridgehead atoms. The lowest BCUT2D eigenvalue weighted by Gasteiger charge is -2.35. The summed E-state index contributed by atoms with van der Waals surface area (Å²) < 4.78 is 33.5. The number of nitrogens with one attached hydrogen (secondary N) is 1. The molecule has 3 rings (SSSR count). The highest BCUT2D eigenvalue weighted by molar-refractivity contribution is 6.32. The molecular weight excluding hydrogens is 390 g/mol. The first-order valence-electron chi connectivity index (χ1n) is 9.20. The Kier molecular flexibility index (Phi) is 6.64. The van der Waals surface area contributed by atoms with Gasteiger partial charge in [0.05, 0.1) is 24.1 Å². The van der Waals surface area contributed by atoms with Crippen molar-refractivity contribution in [2.75, 3.05) is 31.5 Å². The standard InChI is InChI=1S/C19H23ClF2N4O2/c1-12-10-25(11-13(2)28-12)7-3-6-23-16-9-24-26(19(27)18(16)20)17-5-4-14(21)8-15(17)22/h4-5,8-9,12-13,23H,3,6-7,10-11H2,1-2H3. The highest BCUT2D eigenvalue weighted by Crippen LogP contribution is 2.18. The van der Waals surface area contributed by atoms with E-state index >= 15 is 0 Å². The molecular formula is C19H23ClF2N4O2. The van der Waals surface area contributed by atoms with Crippen LogP contribution in [0.5, 0.6) is 0 Å². The second-order valence-corrected chi connectivity index (χ2v) is 7.36. The topological polar surface area (TPSA) is 59.4 Å². The van der Waals surface area contributed by atoms with Crippen molar-refractivity contribution in [1.82, 2.24) is 14.7 Å². The van der Waals surface area contributed by atoms with Gasteiger partial charge in [-0.2, -0.15) is 9.78 Å². The van der Waals surface area contributed by atoms with Crippen LogP contribution in [0.4, 0.5) is 14.5 Å². The second-order valence-electron chi connectivity index (χ2n) is 6.98. The van der Waals surface area contributed by atoms with E-state index in [0.29, 0.717) is 18.3 Å². The molecule has 2 heterocycles. The zero-order chi connectivity index (χ0) is 20.3. The number of hydrogen-bond donors (Lipinski definition) is 1. The molecule has 2 atom stereocenters. The number of benzene rings is 1. The van der Waals surface area contributed by atoms with Crippen LogP contribution in [0.3, 0.4) is 0 Å². The molecule has 1 N–H and O–H groups in total. The average molecular weight is 413 g/mol. The summed E-state index contributed by atoms with van der Waals surface area (Å²) in [4.78, 5) is 14.8. The normalized spacial score (nSPS) is 20.3. The Labute approximate surface area is 167 Å². The third-order valence-electron chi connectivity index (χ3n) is 4.52. The van der Waals surface area contributed by atoms with E-state index in [9.17, 15) is 13.6 Å². The van der Waals surface area contributed by atoms with Crippen molar-refractivity contribution in [3.05, 3.63) is 51.4 Å². The number of hydrogen-bond acceptors (Lipinski definition) is 5. The Balaban J connectivity index is 1.61. The van der Waals surface area contributed by atoms with Gasteiger partial charge in [-0.25, -0.2) is 8.78 Å². The molecule has 1 aliphatic heterocycles. The fourth-order valence-corrected chi connectivity index (χ4v) is 3.57. The number of aromatic nitrogens is 2. The SMILES string of the molecule is CC1CN(CCCNc2cnn(-c3ccc(F)cc3F)c(=O)c2Cl)CC(C)O1. The Hall–Kier alpha value is -2.03. The van der Waals surface area contributed by atoms with Gasteiger partial charge in [-0.3, -0.25) is 9.69 Å². The highest BCUT2D eigenvalue weighted by atomic mass is 35.5. The van der Waals surface area contributed by atoms with E-state index in [2.05, 4.69) is 29.2 Å². The maximum Gasteiger partial charge on any atom is 0.292 e. The van der Waals surface area contributed by atoms with Crippen LogP contribution in [0.25, 0.3) is 5.69 Å². The van der Waals surface area contributed by atoms with E-state index < -0.39 is 17.2 Å². The zero-order valence-corrected chi connectivity index (χ0v) is 16.5. The molecule has 9 heteroatoms. The van der Waals surface area contributed by atoms with Crippen molar-refractivity contribution >= 4 is 17.3 Å². The van der Waals surface area contributed by atoms with E-state index in [1.807, 2.05) is 0 Å². The summed E-state index contributed by atoms with van der Waals surface area (Å²) in [6.45, 7) is 7.41. The molecule has 0 aliphatic carbocycles. The Morgan fingerprint density at radius 1 is 1.29 bits per heavy atom. The van der Waals surface area contributed by atoms with E-state index in [0.717, 1.165) is 42.9 Å². The van der Waals surface area contributed by atoms with Crippen LogP contribution in [0.1, 0.15) is 20.3 Å². The summed E-state index contributed by atoms with van der Waals surface area (Å²) >= 11 is 6.14. The van der Waals surface area contributed by atoms with Crippen LogP contribution in [-0.2, 0) is 4.74 Å². The first-order chi connectivity index (χ1) is 13.3. The smallest absolute Gasteiger partial charge is 0.292 e. The Morgan fingerprint density at radius 2 is 2.00 bits per heavy atom. The molecule has 0 saturated carbocycles. The van der Waals surface area contributed by atoms with Gasteiger partial charge in [0.1, 0.15) is 16.5 Å². The van der Waals surface area contributed by atoms with Crippen molar-refractivity contribution in [3.63, 3.8) is 0 Å². The van der Waals surface area contributed by atoms with Gasteiger partial charge in [-0.1, -0.05) is 11.6 Å². The van der Waals surface area contributed by atoms with Gasteiger partial charge in [-0.15, -0.1) is 0 Å². The summed E-state index contributed by atoms with van der Waals surface area (Å²) in [6, 6.07) is 2.89. The number of halogens is 3. The summed E-state index contributed by atoms with van der Waals surface area (Å²) in [5.41, 5.74) is -0.447. The van der Waals surface area contributed by atoms with Crippen LogP contribution in [0.2, 0.25) is 5.02 Å². The molecule has 6 nitrogen and oxygen atoms in total. The fourth-order valence-electron chi connectivity index (χ4n) is 3.37. The van der Waals surface area contributed by atoms with Crippen LogP contribution >= 0.6 is 11.6 Å². The van der Waals surface area contributed by atoms with Crippen molar-refractivity contribution in [3.8, 4) is 5.69 Å². The molecule has 1 saturated heterocycles. The summed E-state index contributed by atoms with van der Waals surface area (Å²) in [7, 11) is 0. The number of rotatable bonds is 6. The molecule has 1 aliphatic rings. The maximum absolute atomic E-state index is 13.9. The predicted octanol–water partition coefficient (Wildman–Crippen LogP) is 3.08. The van der Waals surface area contributed by atoms with E-state index in [1.165, 1.54) is 6.20 Å². The predicted molar refractivity (Wildman–Crippen MR) is 104 cm³/mol. The number of nitrogens with zero attached hydrogens (tertiary/aromatic N) is 3. The quantitative estimate of drug-likeness (QED) is 0.739. The lowest BCUT2D eigenvalue weighted by molar-refractivity contribution is -0.0678. The lowest BCUT2D eigenvalue weighted by Crippen LogP contribution is -2.45. The van der Waals surface area contributed by atoms with Gasteiger partial charge in [0.2, 0.25) is 0 Å². The monoisotopic (exact) mass is 412 g/mol. The van der Waals surface area contributed by atoms with E-state index in [4.69, 9.17) is 16.3 Å².